The fourth-order valence-electron chi connectivity index (χ4n) is 1.65. The minimum absolute atomic E-state index is 0.0212. The second-order valence-electron chi connectivity index (χ2n) is 4.08. The van der Waals surface area contributed by atoms with Crippen molar-refractivity contribution >= 4 is 27.7 Å². The lowest BCUT2D eigenvalue weighted by atomic mass is 10.3. The summed E-state index contributed by atoms with van der Waals surface area (Å²) in [5, 5.41) is 2.67. The number of carbonyl (C=O) groups is 1. The molecule has 1 aromatic carbocycles. The number of esters is 1. The number of anilines is 1. The number of carbonyl (C=O) groups excluding carboxylic acids is 1. The lowest BCUT2D eigenvalue weighted by Crippen LogP contribution is -2.26. The molecular formula is C12H14N2O5S. The van der Waals surface area contributed by atoms with Crippen LogP contribution < -0.4 is 10.1 Å². The maximum absolute atomic E-state index is 12.0. The van der Waals surface area contributed by atoms with Crippen LogP contribution in [0.25, 0.3) is 0 Å². The van der Waals surface area contributed by atoms with Crippen LogP contribution in [0.3, 0.4) is 0 Å². The molecule has 0 aliphatic carbocycles. The van der Waals surface area contributed by atoms with Gasteiger partial charge in [0.2, 0.25) is 0 Å². The molecule has 0 amide bonds. The molecule has 1 aliphatic heterocycles. The second kappa shape index (κ2) is 5.49. The SMILES string of the molecule is CCCC(=O)OC1=NS(=O)(=O)c2cc(OC)ccc2N1. The van der Waals surface area contributed by atoms with Crippen molar-refractivity contribution in [2.45, 2.75) is 24.7 Å². The molecule has 8 heteroatoms. The Morgan fingerprint density at radius 2 is 2.15 bits per heavy atom. The third-order valence-corrected chi connectivity index (χ3v) is 3.88. The monoisotopic (exact) mass is 298 g/mol. The molecule has 1 aromatic rings. The predicted octanol–water partition coefficient (Wildman–Crippen LogP) is 1.51. The number of nitrogens with one attached hydrogen (secondary N) is 1. The van der Waals surface area contributed by atoms with E-state index in [0.29, 0.717) is 17.9 Å². The van der Waals surface area contributed by atoms with Gasteiger partial charge in [0.25, 0.3) is 10.0 Å². The van der Waals surface area contributed by atoms with Gasteiger partial charge in [0, 0.05) is 12.5 Å². The van der Waals surface area contributed by atoms with Crippen LogP contribution in [0.5, 0.6) is 5.75 Å². The summed E-state index contributed by atoms with van der Waals surface area (Å²) in [7, 11) is -2.48. The van der Waals surface area contributed by atoms with Gasteiger partial charge in [-0.15, -0.1) is 4.40 Å². The number of nitrogens with zero attached hydrogens (tertiary/aromatic N) is 1. The highest BCUT2D eigenvalue weighted by molar-refractivity contribution is 7.90. The van der Waals surface area contributed by atoms with Gasteiger partial charge in [-0.2, -0.15) is 8.42 Å². The zero-order valence-electron chi connectivity index (χ0n) is 11.0. The largest absolute Gasteiger partial charge is 0.497 e. The Hall–Kier alpha value is -2.09. The molecule has 0 unspecified atom stereocenters. The quantitative estimate of drug-likeness (QED) is 0.850. The molecular weight excluding hydrogens is 284 g/mol. The van der Waals surface area contributed by atoms with Crippen molar-refractivity contribution in [1.82, 2.24) is 0 Å². The van der Waals surface area contributed by atoms with Gasteiger partial charge >= 0.3 is 12.0 Å². The third-order valence-electron chi connectivity index (χ3n) is 2.58. The third kappa shape index (κ3) is 2.90. The van der Waals surface area contributed by atoms with Crippen LogP contribution in [0, 0.1) is 0 Å². The van der Waals surface area contributed by atoms with Crippen LogP contribution in [0.1, 0.15) is 19.8 Å². The highest BCUT2D eigenvalue weighted by Gasteiger charge is 2.27. The van der Waals surface area contributed by atoms with E-state index < -0.39 is 16.0 Å². The van der Waals surface area contributed by atoms with Gasteiger partial charge in [0.15, 0.2) is 0 Å². The molecule has 0 saturated heterocycles. The summed E-state index contributed by atoms with van der Waals surface area (Å²) >= 11 is 0. The number of amidine groups is 1. The molecule has 1 aliphatic rings. The molecule has 7 nitrogen and oxygen atoms in total. The maximum Gasteiger partial charge on any atom is 0.313 e. The van der Waals surface area contributed by atoms with E-state index >= 15 is 0 Å². The first kappa shape index (κ1) is 14.3. The minimum Gasteiger partial charge on any atom is -0.497 e. The average molecular weight is 298 g/mol. The number of ether oxygens (including phenoxy) is 2. The van der Waals surface area contributed by atoms with Crippen LogP contribution in [-0.2, 0) is 19.6 Å². The Morgan fingerprint density at radius 3 is 2.80 bits per heavy atom. The van der Waals surface area contributed by atoms with Gasteiger partial charge < -0.3 is 14.8 Å². The zero-order chi connectivity index (χ0) is 14.8. The van der Waals surface area contributed by atoms with Gasteiger partial charge in [-0.05, 0) is 18.6 Å². The van der Waals surface area contributed by atoms with Crippen LogP contribution in [0.4, 0.5) is 5.69 Å². The van der Waals surface area contributed by atoms with Crippen LogP contribution >= 0.6 is 0 Å². The lowest BCUT2D eigenvalue weighted by molar-refractivity contribution is -0.135. The van der Waals surface area contributed by atoms with E-state index in [1.807, 2.05) is 6.92 Å². The summed E-state index contributed by atoms with van der Waals surface area (Å²) in [5.41, 5.74) is 0.292. The van der Waals surface area contributed by atoms with Crippen LogP contribution in [0.2, 0.25) is 0 Å². The molecule has 1 heterocycles. The highest BCUT2D eigenvalue weighted by atomic mass is 32.2. The minimum atomic E-state index is -3.92. The molecule has 0 aromatic heterocycles. The summed E-state index contributed by atoms with van der Waals surface area (Å²) in [6.07, 6.45) is 0.795. The van der Waals surface area contributed by atoms with E-state index in [2.05, 4.69) is 9.71 Å². The molecule has 0 radical (unpaired) electrons. The molecule has 1 N–H and O–H groups in total. The van der Waals surface area contributed by atoms with Crippen molar-refractivity contribution in [2.75, 3.05) is 12.4 Å². The van der Waals surface area contributed by atoms with E-state index in [4.69, 9.17) is 9.47 Å². The van der Waals surface area contributed by atoms with Crippen molar-refractivity contribution in [3.05, 3.63) is 18.2 Å². The predicted molar refractivity (Wildman–Crippen MR) is 72.2 cm³/mol. The van der Waals surface area contributed by atoms with Crippen molar-refractivity contribution in [2.24, 2.45) is 4.40 Å². The topological polar surface area (TPSA) is 94.1 Å². The number of fused-ring (bicyclic) bond motifs is 1. The first-order chi connectivity index (χ1) is 9.46. The van der Waals surface area contributed by atoms with Crippen molar-refractivity contribution in [3.63, 3.8) is 0 Å². The average Bonchev–Trinajstić information content (AvgIpc) is 2.38. The van der Waals surface area contributed by atoms with E-state index in [9.17, 15) is 13.2 Å². The van der Waals surface area contributed by atoms with Crippen molar-refractivity contribution < 1.29 is 22.7 Å². The highest BCUT2D eigenvalue weighted by Crippen LogP contribution is 2.30. The molecule has 0 fully saturated rings. The molecule has 0 atom stereocenters. The number of hydrogen-bond acceptors (Lipinski definition) is 6. The van der Waals surface area contributed by atoms with Crippen LogP contribution in [-0.4, -0.2) is 27.5 Å². The fourth-order valence-corrected chi connectivity index (χ4v) is 2.71. The Bertz CT molecular complexity index is 666. The molecule has 108 valence electrons. The molecule has 0 spiro atoms. The standard InChI is InChI=1S/C12H14N2O5S/c1-3-4-11(15)19-12-13-9-6-5-8(18-2)7-10(9)20(16,17)14-12/h5-7H,3-4H2,1-2H3,(H,13,14). The van der Waals surface area contributed by atoms with E-state index in [1.54, 1.807) is 6.07 Å². The van der Waals surface area contributed by atoms with E-state index in [1.165, 1.54) is 19.2 Å². The molecule has 2 rings (SSSR count). The van der Waals surface area contributed by atoms with E-state index in [0.717, 1.165) is 0 Å². The first-order valence-corrected chi connectivity index (χ1v) is 7.41. The summed E-state index contributed by atoms with van der Waals surface area (Å²) in [5.74, 6) is -0.137. The zero-order valence-corrected chi connectivity index (χ0v) is 11.9. The van der Waals surface area contributed by atoms with Crippen LogP contribution in [0.15, 0.2) is 27.5 Å². The van der Waals surface area contributed by atoms with Crippen molar-refractivity contribution in [1.29, 1.82) is 0 Å². The maximum atomic E-state index is 12.0. The van der Waals surface area contributed by atoms with Gasteiger partial charge in [-0.1, -0.05) is 6.92 Å². The molecule has 0 bridgehead atoms. The lowest BCUT2D eigenvalue weighted by Gasteiger charge is -2.17. The van der Waals surface area contributed by atoms with Gasteiger partial charge in [0.05, 0.1) is 12.8 Å². The Kier molecular flexibility index (Phi) is 3.93. The second-order valence-corrected chi connectivity index (χ2v) is 5.66. The summed E-state index contributed by atoms with van der Waals surface area (Å²) in [4.78, 5) is 11.4. The number of rotatable bonds is 3. The Labute approximate surface area is 116 Å². The molecule has 0 saturated carbocycles. The smallest absolute Gasteiger partial charge is 0.313 e. The van der Waals surface area contributed by atoms with Gasteiger partial charge in [-0.25, -0.2) is 0 Å². The number of hydrogen-bond donors (Lipinski definition) is 1. The summed E-state index contributed by atoms with van der Waals surface area (Å²) in [6, 6.07) is 4.14. The van der Waals surface area contributed by atoms with Crippen molar-refractivity contribution in [3.8, 4) is 5.75 Å². The normalized spacial score (nSPS) is 15.6. The van der Waals surface area contributed by atoms with Gasteiger partial charge in [0.1, 0.15) is 10.6 Å². The summed E-state index contributed by atoms with van der Waals surface area (Å²) < 4.78 is 37.3. The van der Waals surface area contributed by atoms with Gasteiger partial charge in [-0.3, -0.25) is 4.79 Å². The number of sulfonamides is 1. The Morgan fingerprint density at radius 1 is 1.40 bits per heavy atom. The van der Waals surface area contributed by atoms with E-state index in [-0.39, 0.29) is 17.3 Å². The first-order valence-electron chi connectivity index (χ1n) is 5.97. The fraction of sp³-hybridized carbons (Fsp3) is 0.333. The number of methoxy groups -OCH3 is 1. The Balaban J connectivity index is 2.32. The number of benzene rings is 1. The summed E-state index contributed by atoms with van der Waals surface area (Å²) in [6.45, 7) is 1.82. The molecule has 20 heavy (non-hydrogen) atoms.